The Hall–Kier alpha value is -2.18. The lowest BCUT2D eigenvalue weighted by Gasteiger charge is -2.23. The first-order valence-electron chi connectivity index (χ1n) is 5.51. The van der Waals surface area contributed by atoms with Gasteiger partial charge in [-0.15, -0.1) is 0 Å². The average Bonchev–Trinajstić information content (AvgIpc) is 2.34. The SMILES string of the molecule is O=C(O)c1ccnc(NC2CCCNC2=O)c1F. The molecule has 0 aliphatic carbocycles. The molecule has 2 rings (SSSR count). The molecule has 1 aliphatic heterocycles. The third kappa shape index (κ3) is 2.39. The highest BCUT2D eigenvalue weighted by Crippen LogP contribution is 2.18. The molecular weight excluding hydrogens is 241 g/mol. The maximum absolute atomic E-state index is 13.8. The first-order valence-corrected chi connectivity index (χ1v) is 5.51. The summed E-state index contributed by atoms with van der Waals surface area (Å²) in [6.45, 7) is 0.599. The van der Waals surface area contributed by atoms with Gasteiger partial charge in [0.1, 0.15) is 11.6 Å². The minimum atomic E-state index is -1.37. The molecule has 1 aromatic heterocycles. The third-order valence-corrected chi connectivity index (χ3v) is 2.72. The van der Waals surface area contributed by atoms with Crippen LogP contribution in [0.3, 0.4) is 0 Å². The Bertz CT molecular complexity index is 492. The van der Waals surface area contributed by atoms with Crippen LogP contribution in [-0.2, 0) is 4.79 Å². The number of pyridine rings is 1. The molecule has 3 N–H and O–H groups in total. The molecule has 0 spiro atoms. The average molecular weight is 253 g/mol. The minimum Gasteiger partial charge on any atom is -0.478 e. The summed E-state index contributed by atoms with van der Waals surface area (Å²) in [6, 6.07) is 0.494. The molecule has 1 atom stereocenters. The number of carboxylic acid groups (broad SMARTS) is 1. The lowest BCUT2D eigenvalue weighted by molar-refractivity contribution is -0.123. The normalized spacial score (nSPS) is 19.2. The second kappa shape index (κ2) is 4.99. The van der Waals surface area contributed by atoms with Gasteiger partial charge in [-0.2, -0.15) is 0 Å². The molecule has 1 aromatic rings. The molecule has 0 bridgehead atoms. The molecule has 96 valence electrons. The van der Waals surface area contributed by atoms with Crippen molar-refractivity contribution in [2.75, 3.05) is 11.9 Å². The second-order valence-electron chi connectivity index (χ2n) is 3.96. The number of aromatic nitrogens is 1. The van der Waals surface area contributed by atoms with Crippen LogP contribution in [0, 0.1) is 5.82 Å². The third-order valence-electron chi connectivity index (χ3n) is 2.72. The van der Waals surface area contributed by atoms with Crippen LogP contribution in [0.1, 0.15) is 23.2 Å². The number of hydrogen-bond donors (Lipinski definition) is 3. The lowest BCUT2D eigenvalue weighted by Crippen LogP contribution is -2.44. The molecule has 1 saturated heterocycles. The van der Waals surface area contributed by atoms with Crippen LogP contribution in [0.4, 0.5) is 10.2 Å². The molecule has 6 nitrogen and oxygen atoms in total. The highest BCUT2D eigenvalue weighted by molar-refractivity contribution is 5.89. The first kappa shape index (κ1) is 12.3. The smallest absolute Gasteiger partial charge is 0.338 e. The summed E-state index contributed by atoms with van der Waals surface area (Å²) >= 11 is 0. The fourth-order valence-corrected chi connectivity index (χ4v) is 1.78. The van der Waals surface area contributed by atoms with Crippen LogP contribution >= 0.6 is 0 Å². The number of carbonyl (C=O) groups is 2. The summed E-state index contributed by atoms with van der Waals surface area (Å²) in [6.07, 6.45) is 2.53. The van der Waals surface area contributed by atoms with Crippen molar-refractivity contribution >= 4 is 17.7 Å². The maximum atomic E-state index is 13.8. The number of piperidine rings is 1. The van der Waals surface area contributed by atoms with E-state index in [0.717, 1.165) is 12.5 Å². The highest BCUT2D eigenvalue weighted by Gasteiger charge is 2.24. The maximum Gasteiger partial charge on any atom is 0.338 e. The number of nitrogens with zero attached hydrogens (tertiary/aromatic N) is 1. The highest BCUT2D eigenvalue weighted by atomic mass is 19.1. The Morgan fingerprint density at radius 2 is 2.39 bits per heavy atom. The van der Waals surface area contributed by atoms with Gasteiger partial charge in [-0.05, 0) is 18.9 Å². The molecule has 7 heteroatoms. The van der Waals surface area contributed by atoms with E-state index < -0.39 is 23.4 Å². The Balaban J connectivity index is 2.21. The number of halogens is 1. The number of carboxylic acids is 1. The Kier molecular flexibility index (Phi) is 3.40. The molecule has 1 fully saturated rings. The number of anilines is 1. The van der Waals surface area contributed by atoms with Crippen molar-refractivity contribution in [3.05, 3.63) is 23.6 Å². The van der Waals surface area contributed by atoms with Gasteiger partial charge in [-0.1, -0.05) is 0 Å². The van der Waals surface area contributed by atoms with Crippen LogP contribution in [0.15, 0.2) is 12.3 Å². The van der Waals surface area contributed by atoms with Gasteiger partial charge in [0.05, 0.1) is 0 Å². The van der Waals surface area contributed by atoms with Crippen molar-refractivity contribution in [2.24, 2.45) is 0 Å². The van der Waals surface area contributed by atoms with Gasteiger partial charge in [-0.25, -0.2) is 14.2 Å². The number of nitrogens with one attached hydrogen (secondary N) is 2. The number of hydrogen-bond acceptors (Lipinski definition) is 4. The van der Waals surface area contributed by atoms with E-state index in [-0.39, 0.29) is 11.7 Å². The molecule has 0 saturated carbocycles. The van der Waals surface area contributed by atoms with Crippen molar-refractivity contribution < 1.29 is 19.1 Å². The Morgan fingerprint density at radius 3 is 3.06 bits per heavy atom. The molecule has 0 radical (unpaired) electrons. The molecule has 2 heterocycles. The van der Waals surface area contributed by atoms with E-state index in [1.807, 2.05) is 0 Å². The van der Waals surface area contributed by atoms with E-state index >= 15 is 0 Å². The standard InChI is InChI=1S/C11H12FN3O3/c12-8-6(11(17)18)3-5-13-9(8)15-7-2-1-4-14-10(7)16/h3,5,7H,1-2,4H2,(H,13,15)(H,14,16)(H,17,18). The van der Waals surface area contributed by atoms with Gasteiger partial charge in [0.15, 0.2) is 11.6 Å². The predicted molar refractivity (Wildman–Crippen MR) is 60.8 cm³/mol. The van der Waals surface area contributed by atoms with Gasteiger partial charge in [0.2, 0.25) is 5.91 Å². The summed E-state index contributed by atoms with van der Waals surface area (Å²) in [4.78, 5) is 26.0. The summed E-state index contributed by atoms with van der Waals surface area (Å²) in [5.74, 6) is -2.77. The van der Waals surface area contributed by atoms with Crippen molar-refractivity contribution in [3.63, 3.8) is 0 Å². The summed E-state index contributed by atoms with van der Waals surface area (Å²) in [7, 11) is 0. The molecule has 1 aliphatic rings. The molecular formula is C11H12FN3O3. The van der Waals surface area contributed by atoms with Gasteiger partial charge in [0.25, 0.3) is 0 Å². The van der Waals surface area contributed by atoms with E-state index in [2.05, 4.69) is 15.6 Å². The summed E-state index contributed by atoms with van der Waals surface area (Å²) < 4.78 is 13.8. The van der Waals surface area contributed by atoms with Gasteiger partial charge >= 0.3 is 5.97 Å². The molecule has 0 aromatic carbocycles. The molecule has 18 heavy (non-hydrogen) atoms. The predicted octanol–water partition coefficient (Wildman–Crippen LogP) is 0.609. The number of rotatable bonds is 3. The van der Waals surface area contributed by atoms with Gasteiger partial charge in [0, 0.05) is 12.7 Å². The molecule has 1 amide bonds. The Morgan fingerprint density at radius 1 is 1.61 bits per heavy atom. The fourth-order valence-electron chi connectivity index (χ4n) is 1.78. The monoisotopic (exact) mass is 253 g/mol. The van der Waals surface area contributed by atoms with Crippen molar-refractivity contribution in [3.8, 4) is 0 Å². The zero-order chi connectivity index (χ0) is 13.1. The van der Waals surface area contributed by atoms with Crippen molar-refractivity contribution in [2.45, 2.75) is 18.9 Å². The number of carbonyl (C=O) groups excluding carboxylic acids is 1. The second-order valence-corrected chi connectivity index (χ2v) is 3.96. The van der Waals surface area contributed by atoms with Crippen molar-refractivity contribution in [1.29, 1.82) is 0 Å². The largest absolute Gasteiger partial charge is 0.478 e. The van der Waals surface area contributed by atoms with Gasteiger partial charge in [-0.3, -0.25) is 4.79 Å². The van der Waals surface area contributed by atoms with E-state index in [0.29, 0.717) is 13.0 Å². The summed E-state index contributed by atoms with van der Waals surface area (Å²) in [5, 5.41) is 14.0. The van der Waals surface area contributed by atoms with Crippen LogP contribution in [0.2, 0.25) is 0 Å². The lowest BCUT2D eigenvalue weighted by atomic mass is 10.1. The van der Waals surface area contributed by atoms with Crippen LogP contribution in [-0.4, -0.2) is 34.6 Å². The quantitative estimate of drug-likeness (QED) is 0.734. The molecule has 1 unspecified atom stereocenters. The number of aromatic carboxylic acids is 1. The minimum absolute atomic E-state index is 0.211. The number of amides is 1. The van der Waals surface area contributed by atoms with Gasteiger partial charge < -0.3 is 15.7 Å². The Labute approximate surface area is 102 Å². The van der Waals surface area contributed by atoms with E-state index in [9.17, 15) is 14.0 Å². The van der Waals surface area contributed by atoms with E-state index in [1.54, 1.807) is 0 Å². The topological polar surface area (TPSA) is 91.3 Å². The summed E-state index contributed by atoms with van der Waals surface area (Å²) in [5.41, 5.74) is -0.469. The van der Waals surface area contributed by atoms with Crippen LogP contribution in [0.25, 0.3) is 0 Å². The zero-order valence-corrected chi connectivity index (χ0v) is 9.44. The van der Waals surface area contributed by atoms with Crippen molar-refractivity contribution in [1.82, 2.24) is 10.3 Å². The fraction of sp³-hybridized carbons (Fsp3) is 0.364. The van der Waals surface area contributed by atoms with E-state index in [1.165, 1.54) is 6.20 Å². The van der Waals surface area contributed by atoms with Crippen LogP contribution < -0.4 is 10.6 Å². The first-order chi connectivity index (χ1) is 8.59. The van der Waals surface area contributed by atoms with Crippen LogP contribution in [0.5, 0.6) is 0 Å². The van der Waals surface area contributed by atoms with E-state index in [4.69, 9.17) is 5.11 Å². The zero-order valence-electron chi connectivity index (χ0n) is 9.44.